The van der Waals surface area contributed by atoms with E-state index in [9.17, 15) is 9.59 Å². The van der Waals surface area contributed by atoms with Crippen molar-refractivity contribution in [3.8, 4) is 0 Å². The first-order chi connectivity index (χ1) is 13.9. The average molecular weight is 421 g/mol. The van der Waals surface area contributed by atoms with Gasteiger partial charge in [-0.15, -0.1) is 0 Å². The minimum atomic E-state index is -0.260. The summed E-state index contributed by atoms with van der Waals surface area (Å²) in [6.45, 7) is 17.4. The Morgan fingerprint density at radius 1 is 1.00 bits per heavy atom. The zero-order chi connectivity index (χ0) is 22.9. The number of carbonyl (C=O) groups excluding carboxylic acids is 2. The normalized spacial score (nSPS) is 12.1. The highest BCUT2D eigenvalue weighted by Crippen LogP contribution is 2.28. The number of nitrogens with zero attached hydrogens (tertiary/aromatic N) is 3. The monoisotopic (exact) mass is 420 g/mol. The van der Waals surface area contributed by atoms with Crippen LogP contribution in [-0.4, -0.2) is 39.6 Å². The van der Waals surface area contributed by atoms with E-state index in [0.717, 1.165) is 25.0 Å². The molecule has 0 radical (unpaired) electrons. The molecule has 1 rings (SSSR count). The lowest BCUT2D eigenvalue weighted by molar-refractivity contribution is -0.134. The van der Waals surface area contributed by atoms with Crippen LogP contribution < -0.4 is 5.32 Å². The SMILES string of the molecule is CCCCCCCC(=O)N(CCC)CC(=O)Nc1cc(C(C)(C)C)nn1C(C)(C)C. The molecule has 0 aromatic carbocycles. The summed E-state index contributed by atoms with van der Waals surface area (Å²) in [6, 6.07) is 1.95. The maximum atomic E-state index is 12.8. The van der Waals surface area contributed by atoms with Crippen LogP contribution in [0.4, 0.5) is 5.82 Å². The number of unbranched alkanes of at least 4 members (excludes halogenated alkanes) is 4. The quantitative estimate of drug-likeness (QED) is 0.482. The summed E-state index contributed by atoms with van der Waals surface area (Å²) in [5.74, 6) is 0.581. The van der Waals surface area contributed by atoms with Crippen LogP contribution in [0.1, 0.15) is 106 Å². The first-order valence-electron chi connectivity index (χ1n) is 11.6. The number of hydrogen-bond donors (Lipinski definition) is 1. The first-order valence-corrected chi connectivity index (χ1v) is 11.6. The van der Waals surface area contributed by atoms with Gasteiger partial charge in [-0.25, -0.2) is 4.68 Å². The molecule has 1 heterocycles. The van der Waals surface area contributed by atoms with Crippen LogP contribution in [0.15, 0.2) is 6.07 Å². The standard InChI is InChI=1S/C24H44N4O2/c1-9-11-12-13-14-15-22(30)27(16-10-2)18-21(29)25-20-17-19(23(3,4)5)26-28(20)24(6,7)8/h17H,9-16,18H2,1-8H3,(H,25,29). The number of anilines is 1. The molecule has 1 aromatic rings. The lowest BCUT2D eigenvalue weighted by Crippen LogP contribution is -2.39. The minimum absolute atomic E-state index is 0.0724. The van der Waals surface area contributed by atoms with E-state index < -0.39 is 0 Å². The molecule has 0 bridgehead atoms. The molecule has 0 spiro atoms. The van der Waals surface area contributed by atoms with E-state index >= 15 is 0 Å². The predicted molar refractivity (Wildman–Crippen MR) is 125 cm³/mol. The molecule has 0 fully saturated rings. The molecule has 172 valence electrons. The molecule has 2 amide bonds. The average Bonchev–Trinajstić information content (AvgIpc) is 3.05. The Labute approximate surface area is 183 Å². The van der Waals surface area contributed by atoms with E-state index in [4.69, 9.17) is 5.10 Å². The summed E-state index contributed by atoms with van der Waals surface area (Å²) in [7, 11) is 0. The van der Waals surface area contributed by atoms with Crippen molar-refractivity contribution in [1.82, 2.24) is 14.7 Å². The molecular weight excluding hydrogens is 376 g/mol. The molecular formula is C24H44N4O2. The van der Waals surface area contributed by atoms with Gasteiger partial charge in [-0.2, -0.15) is 5.10 Å². The van der Waals surface area contributed by atoms with E-state index in [2.05, 4.69) is 53.8 Å². The largest absolute Gasteiger partial charge is 0.333 e. The van der Waals surface area contributed by atoms with Crippen molar-refractivity contribution in [2.45, 2.75) is 111 Å². The maximum absolute atomic E-state index is 12.8. The van der Waals surface area contributed by atoms with Gasteiger partial charge in [0, 0.05) is 24.4 Å². The number of amides is 2. The lowest BCUT2D eigenvalue weighted by Gasteiger charge is -2.24. The predicted octanol–water partition coefficient (Wildman–Crippen LogP) is 5.47. The molecule has 1 N–H and O–H groups in total. The van der Waals surface area contributed by atoms with Crippen molar-refractivity contribution in [2.75, 3.05) is 18.4 Å². The Hall–Kier alpha value is -1.85. The van der Waals surface area contributed by atoms with E-state index in [-0.39, 0.29) is 29.3 Å². The lowest BCUT2D eigenvalue weighted by atomic mass is 9.92. The second kappa shape index (κ2) is 11.5. The van der Waals surface area contributed by atoms with Gasteiger partial charge in [-0.05, 0) is 33.6 Å². The Balaban J connectivity index is 2.82. The molecule has 0 unspecified atom stereocenters. The van der Waals surface area contributed by atoms with Gasteiger partial charge in [0.1, 0.15) is 5.82 Å². The molecule has 0 aliphatic rings. The van der Waals surface area contributed by atoms with Crippen LogP contribution in [0.3, 0.4) is 0 Å². The van der Waals surface area contributed by atoms with Crippen LogP contribution in [0.2, 0.25) is 0 Å². The Kier molecular flexibility index (Phi) is 10.1. The smallest absolute Gasteiger partial charge is 0.245 e. The number of aromatic nitrogens is 2. The number of carbonyl (C=O) groups is 2. The zero-order valence-electron chi connectivity index (χ0n) is 20.6. The maximum Gasteiger partial charge on any atom is 0.245 e. The second-order valence-corrected chi connectivity index (χ2v) is 10.3. The van der Waals surface area contributed by atoms with Crippen LogP contribution in [-0.2, 0) is 20.5 Å². The van der Waals surface area contributed by atoms with Crippen molar-refractivity contribution in [2.24, 2.45) is 0 Å². The fraction of sp³-hybridized carbons (Fsp3) is 0.792. The van der Waals surface area contributed by atoms with Gasteiger partial charge >= 0.3 is 0 Å². The van der Waals surface area contributed by atoms with E-state index in [1.807, 2.05) is 17.7 Å². The van der Waals surface area contributed by atoms with Gasteiger partial charge in [0.2, 0.25) is 11.8 Å². The number of nitrogens with one attached hydrogen (secondary N) is 1. The van der Waals surface area contributed by atoms with Gasteiger partial charge in [0.25, 0.3) is 0 Å². The van der Waals surface area contributed by atoms with E-state index in [1.54, 1.807) is 4.90 Å². The van der Waals surface area contributed by atoms with Gasteiger partial charge in [0.05, 0.1) is 17.8 Å². The van der Waals surface area contributed by atoms with Gasteiger partial charge in [-0.1, -0.05) is 60.3 Å². The zero-order valence-corrected chi connectivity index (χ0v) is 20.6. The molecule has 0 saturated heterocycles. The Morgan fingerprint density at radius 2 is 1.63 bits per heavy atom. The highest BCUT2D eigenvalue weighted by atomic mass is 16.2. The molecule has 30 heavy (non-hydrogen) atoms. The summed E-state index contributed by atoms with van der Waals surface area (Å²) < 4.78 is 1.87. The van der Waals surface area contributed by atoms with Gasteiger partial charge in [0.15, 0.2) is 0 Å². The highest BCUT2D eigenvalue weighted by Gasteiger charge is 2.26. The van der Waals surface area contributed by atoms with E-state index in [1.165, 1.54) is 19.3 Å². The van der Waals surface area contributed by atoms with Crippen molar-refractivity contribution in [3.05, 3.63) is 11.8 Å². The highest BCUT2D eigenvalue weighted by molar-refractivity contribution is 5.94. The summed E-state index contributed by atoms with van der Waals surface area (Å²) in [6.07, 6.45) is 6.91. The third-order valence-corrected chi connectivity index (χ3v) is 5.06. The molecule has 0 aliphatic heterocycles. The topological polar surface area (TPSA) is 67.2 Å². The molecule has 0 saturated carbocycles. The summed E-state index contributed by atoms with van der Waals surface area (Å²) in [5, 5.41) is 7.75. The van der Waals surface area contributed by atoms with Crippen LogP contribution in [0, 0.1) is 0 Å². The number of hydrogen-bond acceptors (Lipinski definition) is 3. The second-order valence-electron chi connectivity index (χ2n) is 10.3. The molecule has 0 aliphatic carbocycles. The third-order valence-electron chi connectivity index (χ3n) is 5.06. The summed E-state index contributed by atoms with van der Waals surface area (Å²) in [5.41, 5.74) is 0.558. The summed E-state index contributed by atoms with van der Waals surface area (Å²) in [4.78, 5) is 27.1. The van der Waals surface area contributed by atoms with Crippen molar-refractivity contribution < 1.29 is 9.59 Å². The third kappa shape index (κ3) is 8.49. The van der Waals surface area contributed by atoms with Gasteiger partial charge in [-0.3, -0.25) is 9.59 Å². The van der Waals surface area contributed by atoms with Crippen LogP contribution in [0.25, 0.3) is 0 Å². The van der Waals surface area contributed by atoms with Crippen molar-refractivity contribution >= 4 is 17.6 Å². The molecule has 0 atom stereocenters. The van der Waals surface area contributed by atoms with Crippen molar-refractivity contribution in [3.63, 3.8) is 0 Å². The van der Waals surface area contributed by atoms with Crippen LogP contribution >= 0.6 is 0 Å². The van der Waals surface area contributed by atoms with Crippen molar-refractivity contribution in [1.29, 1.82) is 0 Å². The molecule has 6 nitrogen and oxygen atoms in total. The molecule has 1 aromatic heterocycles. The van der Waals surface area contributed by atoms with Gasteiger partial charge < -0.3 is 10.2 Å². The minimum Gasteiger partial charge on any atom is -0.333 e. The Bertz CT molecular complexity index is 680. The number of rotatable bonds is 11. The van der Waals surface area contributed by atoms with Crippen LogP contribution in [0.5, 0.6) is 0 Å². The Morgan fingerprint density at radius 3 is 2.17 bits per heavy atom. The van der Waals surface area contributed by atoms with E-state index in [0.29, 0.717) is 18.8 Å². The molecule has 6 heteroatoms. The summed E-state index contributed by atoms with van der Waals surface area (Å²) >= 11 is 0. The first kappa shape index (κ1) is 26.2. The fourth-order valence-electron chi connectivity index (χ4n) is 3.30. The fourth-order valence-corrected chi connectivity index (χ4v) is 3.30.